The molecule has 0 amide bonds. The average molecular weight is 700 g/mol. The van der Waals surface area contributed by atoms with Gasteiger partial charge in [0, 0.05) is 47.4 Å². The van der Waals surface area contributed by atoms with Crippen LogP contribution in [0.25, 0.3) is 33.4 Å². The number of ether oxygens (including phenoxy) is 1. The van der Waals surface area contributed by atoms with Gasteiger partial charge in [0.05, 0.1) is 17.5 Å². The van der Waals surface area contributed by atoms with Gasteiger partial charge in [0.1, 0.15) is 11.3 Å². The van der Waals surface area contributed by atoms with Gasteiger partial charge in [-0.25, -0.2) is 14.4 Å². The fourth-order valence-electron chi connectivity index (χ4n) is 4.41. The van der Waals surface area contributed by atoms with Crippen molar-refractivity contribution in [3.63, 3.8) is 0 Å². The highest BCUT2D eigenvalue weighted by atomic mass is 19.4. The number of aliphatic carboxylic acids is 2. The lowest BCUT2D eigenvalue weighted by atomic mass is 9.89. The molecule has 1 heterocycles. The summed E-state index contributed by atoms with van der Waals surface area (Å²) in [5.74, 6) is -5.14. The molecule has 1 aliphatic carbocycles. The number of anilines is 1. The first-order valence-corrected chi connectivity index (χ1v) is 14.7. The van der Waals surface area contributed by atoms with Gasteiger partial charge in [-0.2, -0.15) is 26.3 Å². The number of nitrogens with one attached hydrogen (secondary N) is 1. The standard InChI is InChI=1S/C29H33N3O3.2C2HF3O2/c1-5-31-24-16-26-22(14-18(24)3)28(23-15-19(4)25(32-6-2)17-27(23)35-26)20-10-7-8-11-21(20)29(33)34-13-9-12-30;2*3-2(4,5)1(6)7/h7-8,10-11,14-17,31H,5-6,9,12-13,30H2,1-4H3;2*(H,6,7). The molecule has 0 saturated heterocycles. The first kappa shape index (κ1) is 40.1. The number of benzene rings is 3. The Bertz CT molecular complexity index is 1790. The lowest BCUT2D eigenvalue weighted by Crippen LogP contribution is -2.21. The maximum atomic E-state index is 13.1. The molecule has 5 N–H and O–H groups in total. The number of esters is 1. The number of hydrogen-bond acceptors (Lipinski definition) is 8. The quantitative estimate of drug-likeness (QED) is 0.0660. The molecule has 0 atom stereocenters. The van der Waals surface area contributed by atoms with Crippen molar-refractivity contribution in [3.8, 4) is 22.5 Å². The summed E-state index contributed by atoms with van der Waals surface area (Å²) in [6.07, 6.45) is -9.54. The van der Waals surface area contributed by atoms with Crippen LogP contribution >= 0.6 is 0 Å². The molecular weight excluding hydrogens is 664 g/mol. The number of nitrogens with two attached hydrogens (primary N) is 1. The summed E-state index contributed by atoms with van der Waals surface area (Å²) in [6, 6.07) is 15.9. The largest absolute Gasteiger partial charge is 0.490 e. The second-order valence-electron chi connectivity index (χ2n) is 10.2. The molecular formula is C33H35F6N3O7. The Morgan fingerprint density at radius 2 is 1.49 bits per heavy atom. The van der Waals surface area contributed by atoms with E-state index in [9.17, 15) is 31.1 Å². The smallest absolute Gasteiger partial charge is 0.475 e. The second-order valence-corrected chi connectivity index (χ2v) is 10.2. The Labute approximate surface area is 276 Å². The highest BCUT2D eigenvalue weighted by Crippen LogP contribution is 2.43. The van der Waals surface area contributed by atoms with E-state index in [1.807, 2.05) is 43.3 Å². The van der Waals surface area contributed by atoms with Gasteiger partial charge in [-0.1, -0.05) is 18.2 Å². The Kier molecular flexibility index (Phi) is 14.2. The number of aryl methyl sites for hydroxylation is 2. The highest BCUT2D eigenvalue weighted by Gasteiger charge is 2.39. The number of halogens is 6. The van der Waals surface area contributed by atoms with E-state index in [2.05, 4.69) is 43.2 Å². The molecule has 10 nitrogen and oxygen atoms in total. The van der Waals surface area contributed by atoms with Crippen molar-refractivity contribution in [2.45, 2.75) is 46.5 Å². The monoisotopic (exact) mass is 699 g/mol. The van der Waals surface area contributed by atoms with Crippen molar-refractivity contribution in [1.29, 1.82) is 0 Å². The van der Waals surface area contributed by atoms with E-state index in [1.165, 1.54) is 0 Å². The highest BCUT2D eigenvalue weighted by molar-refractivity contribution is 6.08. The molecule has 2 aliphatic rings. The maximum absolute atomic E-state index is 13.1. The molecule has 4 rings (SSSR count). The Hall–Kier alpha value is -5.12. The van der Waals surface area contributed by atoms with Gasteiger partial charge in [-0.3, -0.25) is 4.99 Å². The van der Waals surface area contributed by atoms with E-state index in [4.69, 9.17) is 34.7 Å². The summed E-state index contributed by atoms with van der Waals surface area (Å²) in [5, 5.41) is 19.5. The third kappa shape index (κ3) is 11.0. The van der Waals surface area contributed by atoms with Crippen molar-refractivity contribution in [3.05, 3.63) is 70.6 Å². The van der Waals surface area contributed by atoms with Gasteiger partial charge in [-0.15, -0.1) is 0 Å². The van der Waals surface area contributed by atoms with Crippen molar-refractivity contribution >= 4 is 34.6 Å². The van der Waals surface area contributed by atoms with Gasteiger partial charge in [0.2, 0.25) is 0 Å². The van der Waals surface area contributed by atoms with Crippen LogP contribution in [-0.4, -0.2) is 66.7 Å². The number of carbonyl (C=O) groups is 3. The zero-order valence-electron chi connectivity index (χ0n) is 26.9. The number of carbonyl (C=O) groups excluding carboxylic acids is 1. The van der Waals surface area contributed by atoms with Crippen LogP contribution in [-0.2, 0) is 14.3 Å². The van der Waals surface area contributed by atoms with Crippen LogP contribution in [0.5, 0.6) is 0 Å². The van der Waals surface area contributed by atoms with E-state index >= 15 is 0 Å². The van der Waals surface area contributed by atoms with E-state index < -0.39 is 24.3 Å². The molecule has 16 heteroatoms. The van der Waals surface area contributed by atoms with Crippen molar-refractivity contribution in [2.75, 3.05) is 31.6 Å². The molecule has 1 aliphatic heterocycles. The molecule has 0 aromatic heterocycles. The minimum absolute atomic E-state index is 0.293. The zero-order valence-corrected chi connectivity index (χ0v) is 26.9. The summed E-state index contributed by atoms with van der Waals surface area (Å²) in [4.78, 5) is 35.5. The molecule has 266 valence electrons. The molecule has 2 aromatic rings. The van der Waals surface area contributed by atoms with E-state index in [-0.39, 0.29) is 5.97 Å². The van der Waals surface area contributed by atoms with Crippen molar-refractivity contribution in [2.24, 2.45) is 10.7 Å². The minimum atomic E-state index is -5.08. The van der Waals surface area contributed by atoms with Gasteiger partial charge in [0.15, 0.2) is 0 Å². The number of fused-ring (bicyclic) bond motifs is 2. The molecule has 0 radical (unpaired) electrons. The molecule has 0 spiro atoms. The number of alkyl halides is 6. The van der Waals surface area contributed by atoms with Crippen molar-refractivity contribution in [1.82, 2.24) is 0 Å². The number of rotatable bonds is 8. The predicted octanol–water partition coefficient (Wildman–Crippen LogP) is 6.95. The van der Waals surface area contributed by atoms with Crippen LogP contribution in [0.3, 0.4) is 0 Å². The Balaban J connectivity index is 0.000000500. The van der Waals surface area contributed by atoms with Crippen LogP contribution in [0.4, 0.5) is 32.0 Å². The first-order valence-electron chi connectivity index (χ1n) is 14.7. The first-order chi connectivity index (χ1) is 22.9. The van der Waals surface area contributed by atoms with Gasteiger partial charge in [0.25, 0.3) is 0 Å². The minimum Gasteiger partial charge on any atom is -0.475 e. The SMILES string of the molecule is CCN=c1cc2oc3cc(NCC)c(C)cc3c(-c3ccccc3C(=O)OCCCN)c-2cc1C.O=C(O)C(F)(F)F.O=C(O)C(F)(F)F. The summed E-state index contributed by atoms with van der Waals surface area (Å²) in [6.45, 7) is 10.5. The Morgan fingerprint density at radius 3 is 2.02 bits per heavy atom. The van der Waals surface area contributed by atoms with Crippen LogP contribution < -0.4 is 16.4 Å². The summed E-state index contributed by atoms with van der Waals surface area (Å²) in [5.41, 5.74) is 12.7. The lowest BCUT2D eigenvalue weighted by molar-refractivity contribution is -0.193. The van der Waals surface area contributed by atoms with Gasteiger partial charge in [-0.05, 0) is 75.5 Å². The lowest BCUT2D eigenvalue weighted by Gasteiger charge is -2.19. The number of hydrogen-bond donors (Lipinski definition) is 4. The van der Waals surface area contributed by atoms with Crippen molar-refractivity contribution < 1.29 is 60.1 Å². The Morgan fingerprint density at radius 1 is 0.898 bits per heavy atom. The molecule has 2 aromatic carbocycles. The molecule has 0 saturated carbocycles. The van der Waals surface area contributed by atoms with Crippen LogP contribution in [0.1, 0.15) is 41.8 Å². The van der Waals surface area contributed by atoms with E-state index in [0.29, 0.717) is 31.7 Å². The fourth-order valence-corrected chi connectivity index (χ4v) is 4.41. The number of nitrogens with zero attached hydrogens (tertiary/aromatic N) is 1. The maximum Gasteiger partial charge on any atom is 0.490 e. The molecule has 0 bridgehead atoms. The summed E-state index contributed by atoms with van der Waals surface area (Å²) in [7, 11) is 0. The number of carboxylic acids is 2. The zero-order chi connectivity index (χ0) is 37.1. The van der Waals surface area contributed by atoms with Gasteiger partial charge < -0.3 is 30.4 Å². The van der Waals surface area contributed by atoms with Crippen LogP contribution in [0.2, 0.25) is 0 Å². The molecule has 0 unspecified atom stereocenters. The predicted molar refractivity (Wildman–Crippen MR) is 169 cm³/mol. The topological polar surface area (TPSA) is 164 Å². The average Bonchev–Trinajstić information content (AvgIpc) is 3.01. The fraction of sp³-hybridized carbons (Fsp3) is 0.333. The second kappa shape index (κ2) is 17.3. The number of carboxylic acid groups (broad SMARTS) is 2. The van der Waals surface area contributed by atoms with E-state index in [1.54, 1.807) is 0 Å². The summed E-state index contributed by atoms with van der Waals surface area (Å²) < 4.78 is 75.5. The summed E-state index contributed by atoms with van der Waals surface area (Å²) >= 11 is 0. The van der Waals surface area contributed by atoms with Crippen LogP contribution in [0, 0.1) is 13.8 Å². The molecule has 49 heavy (non-hydrogen) atoms. The molecule has 0 fully saturated rings. The third-order valence-electron chi connectivity index (χ3n) is 6.56. The van der Waals surface area contributed by atoms with Gasteiger partial charge >= 0.3 is 30.3 Å². The normalized spacial score (nSPS) is 11.7. The van der Waals surface area contributed by atoms with Crippen LogP contribution in [0.15, 0.2) is 57.9 Å². The van der Waals surface area contributed by atoms with E-state index in [0.717, 1.165) is 62.1 Å². The third-order valence-corrected chi connectivity index (χ3v) is 6.56.